The summed E-state index contributed by atoms with van der Waals surface area (Å²) in [7, 11) is -3.67. The molecule has 2 rings (SSSR count). The standard InChI is InChI=1S/C18H26N4O3S3/c1-6-10-26-18-21-20-17(27-18)19-16(23)15(7-2)22(28(5,24)25)14-9-8-12(3)13(4)11-14/h8-9,11,15H,6-7,10H2,1-5H3,(H,19,20,23)/t15-/m0/s1. The first-order valence-corrected chi connectivity index (χ1v) is 12.7. The third kappa shape index (κ3) is 5.68. The molecule has 1 N–H and O–H groups in total. The third-order valence-corrected chi connectivity index (χ3v) is 7.50. The maximum atomic E-state index is 12.9. The lowest BCUT2D eigenvalue weighted by molar-refractivity contribution is -0.117. The minimum Gasteiger partial charge on any atom is -0.299 e. The van der Waals surface area contributed by atoms with Gasteiger partial charge in [-0.25, -0.2) is 8.42 Å². The monoisotopic (exact) mass is 442 g/mol. The van der Waals surface area contributed by atoms with Gasteiger partial charge in [0.15, 0.2) is 4.34 Å². The number of nitrogens with zero attached hydrogens (tertiary/aromatic N) is 3. The quantitative estimate of drug-likeness (QED) is 0.468. The van der Waals surface area contributed by atoms with Crippen LogP contribution < -0.4 is 9.62 Å². The van der Waals surface area contributed by atoms with E-state index in [4.69, 9.17) is 0 Å². The van der Waals surface area contributed by atoms with Gasteiger partial charge >= 0.3 is 0 Å². The van der Waals surface area contributed by atoms with Crippen LogP contribution in [0.25, 0.3) is 0 Å². The molecular weight excluding hydrogens is 416 g/mol. The molecule has 28 heavy (non-hydrogen) atoms. The fraction of sp³-hybridized carbons (Fsp3) is 0.500. The highest BCUT2D eigenvalue weighted by Crippen LogP contribution is 2.28. The number of hydrogen-bond donors (Lipinski definition) is 1. The van der Waals surface area contributed by atoms with Gasteiger partial charge in [0.2, 0.25) is 21.1 Å². The number of carbonyl (C=O) groups is 1. The number of sulfonamides is 1. The Labute approximate surface area is 175 Å². The molecule has 10 heteroatoms. The molecule has 0 aliphatic heterocycles. The van der Waals surface area contributed by atoms with Crippen LogP contribution in [0.15, 0.2) is 22.5 Å². The van der Waals surface area contributed by atoms with E-state index in [-0.39, 0.29) is 0 Å². The summed E-state index contributed by atoms with van der Waals surface area (Å²) < 4.78 is 27.0. The number of amides is 1. The maximum absolute atomic E-state index is 12.9. The molecule has 0 aliphatic carbocycles. The Kier molecular flexibility index (Phi) is 7.85. The summed E-state index contributed by atoms with van der Waals surface area (Å²) in [6.45, 7) is 7.73. The summed E-state index contributed by atoms with van der Waals surface area (Å²) in [6, 6.07) is 4.49. The highest BCUT2D eigenvalue weighted by atomic mass is 32.2. The SMILES string of the molecule is CCCSc1nnc(NC(=O)[C@H](CC)N(c2ccc(C)c(C)c2)S(C)(=O)=O)s1. The van der Waals surface area contributed by atoms with Crippen LogP contribution in [0.3, 0.4) is 0 Å². The molecule has 0 radical (unpaired) electrons. The van der Waals surface area contributed by atoms with E-state index in [9.17, 15) is 13.2 Å². The van der Waals surface area contributed by atoms with Crippen LogP contribution in [0, 0.1) is 13.8 Å². The Bertz CT molecular complexity index is 928. The lowest BCUT2D eigenvalue weighted by atomic mass is 10.1. The largest absolute Gasteiger partial charge is 0.299 e. The van der Waals surface area contributed by atoms with Crippen molar-refractivity contribution in [3.05, 3.63) is 29.3 Å². The topological polar surface area (TPSA) is 92.3 Å². The average molecular weight is 443 g/mol. The molecule has 1 heterocycles. The maximum Gasteiger partial charge on any atom is 0.250 e. The summed E-state index contributed by atoms with van der Waals surface area (Å²) in [4.78, 5) is 12.9. The number of anilines is 2. The smallest absolute Gasteiger partial charge is 0.250 e. The van der Waals surface area contributed by atoms with E-state index in [0.29, 0.717) is 17.2 Å². The van der Waals surface area contributed by atoms with Crippen molar-refractivity contribution in [1.82, 2.24) is 10.2 Å². The van der Waals surface area contributed by atoms with Crippen LogP contribution >= 0.6 is 23.1 Å². The molecule has 1 amide bonds. The van der Waals surface area contributed by atoms with Crippen molar-refractivity contribution >= 4 is 49.8 Å². The number of thioether (sulfide) groups is 1. The molecule has 154 valence electrons. The van der Waals surface area contributed by atoms with Gasteiger partial charge in [-0.1, -0.05) is 43.0 Å². The highest BCUT2D eigenvalue weighted by Gasteiger charge is 2.32. The average Bonchev–Trinajstić information content (AvgIpc) is 3.06. The fourth-order valence-corrected chi connectivity index (χ4v) is 5.50. The molecule has 1 aromatic heterocycles. The molecule has 0 bridgehead atoms. The zero-order valence-corrected chi connectivity index (χ0v) is 19.2. The van der Waals surface area contributed by atoms with E-state index in [1.807, 2.05) is 19.9 Å². The number of aromatic nitrogens is 2. The van der Waals surface area contributed by atoms with Crippen molar-refractivity contribution in [3.8, 4) is 0 Å². The summed E-state index contributed by atoms with van der Waals surface area (Å²) in [5.74, 6) is 0.503. The minimum atomic E-state index is -3.67. The Morgan fingerprint density at radius 1 is 1.25 bits per heavy atom. The molecule has 0 fully saturated rings. The van der Waals surface area contributed by atoms with Gasteiger partial charge in [-0.2, -0.15) is 0 Å². The first-order valence-electron chi connectivity index (χ1n) is 9.01. The van der Waals surface area contributed by atoms with Gasteiger partial charge in [-0.15, -0.1) is 10.2 Å². The number of benzene rings is 1. The molecule has 1 aromatic carbocycles. The van der Waals surface area contributed by atoms with E-state index >= 15 is 0 Å². The molecule has 7 nitrogen and oxygen atoms in total. The van der Waals surface area contributed by atoms with Crippen molar-refractivity contribution in [2.45, 2.75) is 50.9 Å². The summed E-state index contributed by atoms with van der Waals surface area (Å²) >= 11 is 2.87. The van der Waals surface area contributed by atoms with E-state index in [1.165, 1.54) is 15.6 Å². The second-order valence-corrected chi connectivity index (χ2v) is 10.6. The Hall–Kier alpha value is -1.65. The van der Waals surface area contributed by atoms with E-state index in [2.05, 4.69) is 22.4 Å². The molecule has 0 saturated carbocycles. The van der Waals surface area contributed by atoms with Crippen molar-refractivity contribution in [1.29, 1.82) is 0 Å². The second kappa shape index (κ2) is 9.71. The Morgan fingerprint density at radius 3 is 2.54 bits per heavy atom. The molecule has 0 saturated heterocycles. The van der Waals surface area contributed by atoms with Crippen molar-refractivity contribution < 1.29 is 13.2 Å². The predicted octanol–water partition coefficient (Wildman–Crippen LogP) is 3.84. The van der Waals surface area contributed by atoms with Gasteiger partial charge in [0, 0.05) is 5.75 Å². The number of hydrogen-bond acceptors (Lipinski definition) is 7. The van der Waals surface area contributed by atoms with Crippen LogP contribution in [0.1, 0.15) is 37.8 Å². The lowest BCUT2D eigenvalue weighted by Gasteiger charge is -2.30. The van der Waals surface area contributed by atoms with E-state index in [1.54, 1.807) is 30.8 Å². The lowest BCUT2D eigenvalue weighted by Crippen LogP contribution is -2.47. The minimum absolute atomic E-state index is 0.322. The summed E-state index contributed by atoms with van der Waals surface area (Å²) in [5.41, 5.74) is 2.49. The molecule has 0 unspecified atom stereocenters. The van der Waals surface area contributed by atoms with E-state index in [0.717, 1.165) is 33.9 Å². The molecule has 2 aromatic rings. The van der Waals surface area contributed by atoms with Crippen LogP contribution in [0.4, 0.5) is 10.8 Å². The first kappa shape index (κ1) is 22.6. The third-order valence-electron chi connectivity index (χ3n) is 4.14. The molecule has 0 aliphatic rings. The normalized spacial score (nSPS) is 12.6. The summed E-state index contributed by atoms with van der Waals surface area (Å²) in [5, 5.41) is 11.1. The van der Waals surface area contributed by atoms with Gasteiger partial charge in [0.1, 0.15) is 6.04 Å². The Balaban J connectivity index is 2.28. The summed E-state index contributed by atoms with van der Waals surface area (Å²) in [6.07, 6.45) is 2.45. The van der Waals surface area contributed by atoms with Gasteiger partial charge in [0.25, 0.3) is 0 Å². The van der Waals surface area contributed by atoms with Gasteiger partial charge in [0.05, 0.1) is 11.9 Å². The number of carbonyl (C=O) groups excluding carboxylic acids is 1. The second-order valence-electron chi connectivity index (χ2n) is 6.46. The van der Waals surface area contributed by atoms with Crippen LogP contribution in [-0.4, -0.2) is 42.6 Å². The van der Waals surface area contributed by atoms with Crippen molar-refractivity contribution in [3.63, 3.8) is 0 Å². The first-order chi connectivity index (χ1) is 13.2. The van der Waals surface area contributed by atoms with Crippen LogP contribution in [-0.2, 0) is 14.8 Å². The number of rotatable bonds is 9. The zero-order chi connectivity index (χ0) is 20.9. The van der Waals surface area contributed by atoms with Crippen molar-refractivity contribution in [2.24, 2.45) is 0 Å². The number of nitrogens with one attached hydrogen (secondary N) is 1. The molecular formula is C18H26N4O3S3. The van der Waals surface area contributed by atoms with Crippen LogP contribution in [0.2, 0.25) is 0 Å². The molecule has 0 spiro atoms. The van der Waals surface area contributed by atoms with Crippen molar-refractivity contribution in [2.75, 3.05) is 21.6 Å². The predicted molar refractivity (Wildman–Crippen MR) is 117 cm³/mol. The van der Waals surface area contributed by atoms with Crippen LogP contribution in [0.5, 0.6) is 0 Å². The highest BCUT2D eigenvalue weighted by molar-refractivity contribution is 8.01. The van der Waals surface area contributed by atoms with E-state index < -0.39 is 22.0 Å². The van der Waals surface area contributed by atoms with Gasteiger partial charge < -0.3 is 0 Å². The fourth-order valence-electron chi connectivity index (χ4n) is 2.62. The zero-order valence-electron chi connectivity index (χ0n) is 16.7. The number of aryl methyl sites for hydroxylation is 2. The Morgan fingerprint density at radius 2 is 1.96 bits per heavy atom. The van der Waals surface area contributed by atoms with Gasteiger partial charge in [-0.3, -0.25) is 14.4 Å². The molecule has 1 atom stereocenters. The van der Waals surface area contributed by atoms with Gasteiger partial charge in [-0.05, 0) is 49.9 Å².